The molecular formula is C26H29FN2O5S. The van der Waals surface area contributed by atoms with Gasteiger partial charge in [0.25, 0.3) is 10.0 Å². The highest BCUT2D eigenvalue weighted by molar-refractivity contribution is 7.92. The van der Waals surface area contributed by atoms with Crippen LogP contribution in [0.3, 0.4) is 0 Å². The Morgan fingerprint density at radius 3 is 2.09 bits per heavy atom. The second-order valence-corrected chi connectivity index (χ2v) is 9.56. The Labute approximate surface area is 205 Å². The Bertz CT molecular complexity index is 1210. The van der Waals surface area contributed by atoms with Gasteiger partial charge in [0.2, 0.25) is 5.91 Å². The number of halogens is 1. The lowest BCUT2D eigenvalue weighted by molar-refractivity contribution is -0.120. The van der Waals surface area contributed by atoms with Crippen LogP contribution in [-0.2, 0) is 14.8 Å². The number of sulfonamides is 1. The average molecular weight is 501 g/mol. The number of methoxy groups -OCH3 is 1. The molecular weight excluding hydrogens is 471 g/mol. The molecule has 3 aromatic carbocycles. The number of nitrogens with one attached hydrogen (secondary N) is 1. The first-order chi connectivity index (χ1) is 16.8. The van der Waals surface area contributed by atoms with Gasteiger partial charge in [0.1, 0.15) is 23.9 Å². The van der Waals surface area contributed by atoms with Crippen LogP contribution in [0.15, 0.2) is 77.7 Å². The number of carbonyl (C=O) groups is 1. The molecule has 9 heteroatoms. The standard InChI is InChI=1S/C26H29FN2O5S/c1-4-25(19-6-12-22(33-3)13-7-19)28-26(30)18-29(21-10-8-20(27)9-11-21)35(31,32)24-16-14-23(15-17-24)34-5-2/h6-17,25H,4-5,18H2,1-3H3,(H,28,30). The van der Waals surface area contributed by atoms with Gasteiger partial charge in [-0.05, 0) is 79.6 Å². The van der Waals surface area contributed by atoms with E-state index in [2.05, 4.69) is 5.32 Å². The predicted octanol–water partition coefficient (Wildman–Crippen LogP) is 4.70. The van der Waals surface area contributed by atoms with Crippen molar-refractivity contribution in [3.8, 4) is 11.5 Å². The monoisotopic (exact) mass is 500 g/mol. The van der Waals surface area contributed by atoms with Crippen LogP contribution in [0.2, 0.25) is 0 Å². The predicted molar refractivity (Wildman–Crippen MR) is 133 cm³/mol. The van der Waals surface area contributed by atoms with E-state index >= 15 is 0 Å². The molecule has 0 aliphatic rings. The van der Waals surface area contributed by atoms with Crippen LogP contribution in [0.1, 0.15) is 31.9 Å². The largest absolute Gasteiger partial charge is 0.497 e. The van der Waals surface area contributed by atoms with Crippen molar-refractivity contribution in [1.82, 2.24) is 5.32 Å². The topological polar surface area (TPSA) is 84.9 Å². The molecule has 0 saturated heterocycles. The first-order valence-corrected chi connectivity index (χ1v) is 12.7. The summed E-state index contributed by atoms with van der Waals surface area (Å²) in [6, 6.07) is 17.9. The maximum atomic E-state index is 13.5. The maximum absolute atomic E-state index is 13.5. The number of nitrogens with zero attached hydrogens (tertiary/aromatic N) is 1. The lowest BCUT2D eigenvalue weighted by atomic mass is 10.0. The Kier molecular flexibility index (Phi) is 8.70. The highest BCUT2D eigenvalue weighted by Crippen LogP contribution is 2.26. The Morgan fingerprint density at radius 1 is 0.943 bits per heavy atom. The van der Waals surface area contributed by atoms with Crippen molar-refractivity contribution < 1.29 is 27.1 Å². The van der Waals surface area contributed by atoms with Crippen molar-refractivity contribution in [1.29, 1.82) is 0 Å². The van der Waals surface area contributed by atoms with E-state index in [4.69, 9.17) is 9.47 Å². The summed E-state index contributed by atoms with van der Waals surface area (Å²) in [6.07, 6.45) is 0.597. The summed E-state index contributed by atoms with van der Waals surface area (Å²) < 4.78 is 52.1. The van der Waals surface area contributed by atoms with Crippen molar-refractivity contribution in [3.05, 3.63) is 84.2 Å². The van der Waals surface area contributed by atoms with E-state index in [1.807, 2.05) is 26.0 Å². The summed E-state index contributed by atoms with van der Waals surface area (Å²) in [5, 5.41) is 2.90. The molecule has 3 rings (SSSR count). The van der Waals surface area contributed by atoms with Crippen molar-refractivity contribution in [2.24, 2.45) is 0 Å². The molecule has 0 aliphatic heterocycles. The zero-order valence-corrected chi connectivity index (χ0v) is 20.7. The van der Waals surface area contributed by atoms with Gasteiger partial charge in [-0.15, -0.1) is 0 Å². The van der Waals surface area contributed by atoms with Gasteiger partial charge in [-0.3, -0.25) is 9.10 Å². The normalized spacial score (nSPS) is 12.0. The van der Waals surface area contributed by atoms with Crippen LogP contribution in [0, 0.1) is 5.82 Å². The number of anilines is 1. The zero-order valence-electron chi connectivity index (χ0n) is 19.9. The van der Waals surface area contributed by atoms with Gasteiger partial charge >= 0.3 is 0 Å². The highest BCUT2D eigenvalue weighted by atomic mass is 32.2. The molecule has 0 spiro atoms. The van der Waals surface area contributed by atoms with Crippen molar-refractivity contribution in [2.75, 3.05) is 24.6 Å². The zero-order chi connectivity index (χ0) is 25.4. The second kappa shape index (κ2) is 11.7. The smallest absolute Gasteiger partial charge is 0.264 e. The molecule has 7 nitrogen and oxygen atoms in total. The third kappa shape index (κ3) is 6.51. The van der Waals surface area contributed by atoms with E-state index in [0.717, 1.165) is 22.0 Å². The third-order valence-electron chi connectivity index (χ3n) is 5.39. The summed E-state index contributed by atoms with van der Waals surface area (Å²) in [5.41, 5.74) is 1.04. The molecule has 1 amide bonds. The van der Waals surface area contributed by atoms with Gasteiger partial charge in [-0.2, -0.15) is 0 Å². The molecule has 3 aromatic rings. The van der Waals surface area contributed by atoms with Gasteiger partial charge in [-0.1, -0.05) is 19.1 Å². The number of amides is 1. The number of hydrogen-bond acceptors (Lipinski definition) is 5. The number of ether oxygens (including phenoxy) is 2. The lowest BCUT2D eigenvalue weighted by Crippen LogP contribution is -2.42. The summed E-state index contributed by atoms with van der Waals surface area (Å²) in [6.45, 7) is 3.72. The minimum absolute atomic E-state index is 0.0136. The molecule has 1 N–H and O–H groups in total. The molecule has 0 radical (unpaired) electrons. The van der Waals surface area contributed by atoms with E-state index in [-0.39, 0.29) is 16.6 Å². The molecule has 1 atom stereocenters. The molecule has 35 heavy (non-hydrogen) atoms. The summed E-state index contributed by atoms with van der Waals surface area (Å²) >= 11 is 0. The molecule has 0 bridgehead atoms. The second-order valence-electron chi connectivity index (χ2n) is 7.69. The average Bonchev–Trinajstić information content (AvgIpc) is 2.87. The molecule has 1 unspecified atom stereocenters. The first-order valence-electron chi connectivity index (χ1n) is 11.2. The lowest BCUT2D eigenvalue weighted by Gasteiger charge is -2.26. The maximum Gasteiger partial charge on any atom is 0.264 e. The molecule has 186 valence electrons. The minimum atomic E-state index is -4.13. The van der Waals surface area contributed by atoms with E-state index in [1.165, 1.54) is 24.3 Å². The fourth-order valence-corrected chi connectivity index (χ4v) is 4.97. The van der Waals surface area contributed by atoms with Gasteiger partial charge in [0.05, 0.1) is 30.3 Å². The van der Waals surface area contributed by atoms with Crippen molar-refractivity contribution >= 4 is 21.6 Å². The van der Waals surface area contributed by atoms with Gasteiger partial charge in [0, 0.05) is 0 Å². The minimum Gasteiger partial charge on any atom is -0.497 e. The third-order valence-corrected chi connectivity index (χ3v) is 7.17. The van der Waals surface area contributed by atoms with Gasteiger partial charge < -0.3 is 14.8 Å². The summed E-state index contributed by atoms with van der Waals surface area (Å²) in [7, 11) is -2.56. The molecule has 0 fully saturated rings. The van der Waals surface area contributed by atoms with E-state index < -0.39 is 28.3 Å². The summed E-state index contributed by atoms with van der Waals surface area (Å²) in [5.74, 6) is 0.218. The van der Waals surface area contributed by atoms with E-state index in [1.54, 1.807) is 31.4 Å². The molecule has 0 saturated carbocycles. The fraction of sp³-hybridized carbons (Fsp3) is 0.269. The molecule has 0 heterocycles. The number of benzene rings is 3. The van der Waals surface area contributed by atoms with Crippen molar-refractivity contribution in [2.45, 2.75) is 31.2 Å². The Hall–Kier alpha value is -3.59. The van der Waals surface area contributed by atoms with E-state index in [9.17, 15) is 17.6 Å². The van der Waals surface area contributed by atoms with Crippen molar-refractivity contribution in [3.63, 3.8) is 0 Å². The fourth-order valence-electron chi connectivity index (χ4n) is 3.55. The number of rotatable bonds is 11. The van der Waals surface area contributed by atoms with Crippen LogP contribution in [0.25, 0.3) is 0 Å². The van der Waals surface area contributed by atoms with Gasteiger partial charge in [0.15, 0.2) is 0 Å². The quantitative estimate of drug-likeness (QED) is 0.413. The molecule has 0 aliphatic carbocycles. The summed E-state index contributed by atoms with van der Waals surface area (Å²) in [4.78, 5) is 13.0. The number of carbonyl (C=O) groups excluding carboxylic acids is 1. The molecule has 0 aromatic heterocycles. The highest BCUT2D eigenvalue weighted by Gasteiger charge is 2.28. The first kappa shape index (κ1) is 26.0. The van der Waals surface area contributed by atoms with Gasteiger partial charge in [-0.25, -0.2) is 12.8 Å². The SMILES string of the molecule is CCOc1ccc(S(=O)(=O)N(CC(=O)NC(CC)c2ccc(OC)cc2)c2ccc(F)cc2)cc1. The van der Waals surface area contributed by atoms with Crippen LogP contribution >= 0.6 is 0 Å². The van der Waals surface area contributed by atoms with Crippen LogP contribution in [0.5, 0.6) is 11.5 Å². The van der Waals surface area contributed by atoms with Crippen LogP contribution in [-0.4, -0.2) is 34.6 Å². The Morgan fingerprint density at radius 2 is 1.54 bits per heavy atom. The number of hydrogen-bond donors (Lipinski definition) is 1. The van der Waals surface area contributed by atoms with Crippen LogP contribution < -0.4 is 19.1 Å². The van der Waals surface area contributed by atoms with Crippen LogP contribution in [0.4, 0.5) is 10.1 Å². The van der Waals surface area contributed by atoms with E-state index in [0.29, 0.717) is 24.5 Å². The Balaban J connectivity index is 1.87.